The van der Waals surface area contributed by atoms with Gasteiger partial charge in [0, 0.05) is 17.8 Å². The number of hydrogen-bond donors (Lipinski definition) is 1. The van der Waals surface area contributed by atoms with Gasteiger partial charge in [0.05, 0.1) is 23.3 Å². The van der Waals surface area contributed by atoms with Crippen LogP contribution in [0.1, 0.15) is 5.69 Å². The Morgan fingerprint density at radius 1 is 1.22 bits per heavy atom. The van der Waals surface area contributed by atoms with Crippen LogP contribution in [0.5, 0.6) is 0 Å². The molecule has 90 valence electrons. The highest BCUT2D eigenvalue weighted by atomic mass is 32.1. The molecule has 3 heterocycles. The Morgan fingerprint density at radius 2 is 2.22 bits per heavy atom. The van der Waals surface area contributed by atoms with E-state index in [0.29, 0.717) is 6.54 Å². The SMILES string of the molecule is c1csc(-c2nc(CNc3cnccn3)cs2)c1. The van der Waals surface area contributed by atoms with Gasteiger partial charge in [-0.25, -0.2) is 9.97 Å². The van der Waals surface area contributed by atoms with E-state index in [1.165, 1.54) is 4.88 Å². The molecule has 0 fully saturated rings. The lowest BCUT2D eigenvalue weighted by molar-refractivity contribution is 1.04. The first-order valence-corrected chi connectivity index (χ1v) is 7.16. The number of nitrogens with one attached hydrogen (secondary N) is 1. The van der Waals surface area contributed by atoms with Crippen molar-refractivity contribution in [3.63, 3.8) is 0 Å². The van der Waals surface area contributed by atoms with Crippen LogP contribution in [0.3, 0.4) is 0 Å². The summed E-state index contributed by atoms with van der Waals surface area (Å²) in [5.74, 6) is 0.767. The van der Waals surface area contributed by atoms with Crippen molar-refractivity contribution in [3.8, 4) is 9.88 Å². The summed E-state index contributed by atoms with van der Waals surface area (Å²) in [6.07, 6.45) is 5.02. The molecule has 0 unspecified atom stereocenters. The van der Waals surface area contributed by atoms with Crippen LogP contribution in [0, 0.1) is 0 Å². The van der Waals surface area contributed by atoms with Gasteiger partial charge in [-0.05, 0) is 11.4 Å². The van der Waals surface area contributed by atoms with Crippen molar-refractivity contribution < 1.29 is 0 Å². The van der Waals surface area contributed by atoms with E-state index in [-0.39, 0.29) is 0 Å². The lowest BCUT2D eigenvalue weighted by atomic mass is 10.4. The van der Waals surface area contributed by atoms with Gasteiger partial charge in [0.2, 0.25) is 0 Å². The zero-order valence-electron chi connectivity index (χ0n) is 9.41. The van der Waals surface area contributed by atoms with Crippen molar-refractivity contribution >= 4 is 28.5 Å². The zero-order chi connectivity index (χ0) is 12.2. The first kappa shape index (κ1) is 11.3. The summed E-state index contributed by atoms with van der Waals surface area (Å²) in [5.41, 5.74) is 1.02. The van der Waals surface area contributed by atoms with Crippen molar-refractivity contribution in [3.05, 3.63) is 47.2 Å². The minimum Gasteiger partial charge on any atom is -0.363 e. The lowest BCUT2D eigenvalue weighted by Gasteiger charge is -2.01. The summed E-state index contributed by atoms with van der Waals surface area (Å²) in [5, 5.41) is 8.40. The minimum absolute atomic E-state index is 0.667. The molecule has 6 heteroatoms. The smallest absolute Gasteiger partial charge is 0.144 e. The number of aromatic nitrogens is 3. The molecular weight excluding hydrogens is 264 g/mol. The molecule has 0 amide bonds. The highest BCUT2D eigenvalue weighted by Crippen LogP contribution is 2.27. The second-order valence-corrected chi connectivity index (χ2v) is 5.37. The molecule has 0 bridgehead atoms. The van der Waals surface area contributed by atoms with Crippen LogP contribution in [0.15, 0.2) is 41.5 Å². The Kier molecular flexibility index (Phi) is 3.29. The van der Waals surface area contributed by atoms with Crippen LogP contribution in [0.4, 0.5) is 5.82 Å². The molecule has 3 aromatic rings. The van der Waals surface area contributed by atoms with Crippen molar-refractivity contribution in [1.82, 2.24) is 15.0 Å². The van der Waals surface area contributed by atoms with Crippen LogP contribution in [0.2, 0.25) is 0 Å². The summed E-state index contributed by atoms with van der Waals surface area (Å²) in [4.78, 5) is 14.0. The highest BCUT2D eigenvalue weighted by molar-refractivity contribution is 7.20. The molecule has 0 saturated carbocycles. The molecule has 0 saturated heterocycles. The van der Waals surface area contributed by atoms with E-state index in [0.717, 1.165) is 16.5 Å². The second kappa shape index (κ2) is 5.24. The molecule has 0 aromatic carbocycles. The number of anilines is 1. The third-order valence-corrected chi connectivity index (χ3v) is 4.23. The van der Waals surface area contributed by atoms with E-state index >= 15 is 0 Å². The number of hydrogen-bond acceptors (Lipinski definition) is 6. The number of thiophene rings is 1. The van der Waals surface area contributed by atoms with E-state index in [1.54, 1.807) is 41.3 Å². The standard InChI is InChI=1S/C12H10N4S2/c1-2-10(17-5-1)12-16-9(8-18-12)6-15-11-7-13-3-4-14-11/h1-5,7-8H,6H2,(H,14,15). The Balaban J connectivity index is 1.68. The van der Waals surface area contributed by atoms with E-state index in [1.807, 2.05) is 6.07 Å². The predicted octanol–water partition coefficient (Wildman–Crippen LogP) is 3.27. The van der Waals surface area contributed by atoms with Gasteiger partial charge in [-0.15, -0.1) is 22.7 Å². The maximum absolute atomic E-state index is 4.59. The van der Waals surface area contributed by atoms with Gasteiger partial charge in [-0.2, -0.15) is 0 Å². The molecule has 0 aliphatic rings. The topological polar surface area (TPSA) is 50.7 Å². The second-order valence-electron chi connectivity index (χ2n) is 3.57. The van der Waals surface area contributed by atoms with Crippen LogP contribution >= 0.6 is 22.7 Å². The zero-order valence-corrected chi connectivity index (χ0v) is 11.0. The molecule has 3 rings (SSSR count). The summed E-state index contributed by atoms with van der Waals surface area (Å²) in [6.45, 7) is 0.667. The van der Waals surface area contributed by atoms with Crippen LogP contribution in [-0.2, 0) is 6.54 Å². The summed E-state index contributed by atoms with van der Waals surface area (Å²) < 4.78 is 0. The van der Waals surface area contributed by atoms with Crippen molar-refractivity contribution in [2.24, 2.45) is 0 Å². The number of nitrogens with zero attached hydrogens (tertiary/aromatic N) is 3. The third-order valence-electron chi connectivity index (χ3n) is 2.30. The molecule has 0 spiro atoms. The van der Waals surface area contributed by atoms with Gasteiger partial charge in [0.25, 0.3) is 0 Å². The predicted molar refractivity (Wildman–Crippen MR) is 74.8 cm³/mol. The average molecular weight is 274 g/mol. The molecule has 0 radical (unpaired) electrons. The van der Waals surface area contributed by atoms with E-state index in [4.69, 9.17) is 0 Å². The molecule has 18 heavy (non-hydrogen) atoms. The molecule has 3 aromatic heterocycles. The lowest BCUT2D eigenvalue weighted by Crippen LogP contribution is -2.01. The molecular formula is C12H10N4S2. The number of rotatable bonds is 4. The van der Waals surface area contributed by atoms with E-state index in [2.05, 4.69) is 37.1 Å². The van der Waals surface area contributed by atoms with Crippen molar-refractivity contribution in [2.75, 3.05) is 5.32 Å². The Hall–Kier alpha value is -1.79. The molecule has 4 nitrogen and oxygen atoms in total. The van der Waals surface area contributed by atoms with Gasteiger partial charge in [-0.1, -0.05) is 6.07 Å². The van der Waals surface area contributed by atoms with E-state index in [9.17, 15) is 0 Å². The Labute approximate surface area is 112 Å². The van der Waals surface area contributed by atoms with Crippen LogP contribution < -0.4 is 5.32 Å². The van der Waals surface area contributed by atoms with Gasteiger partial charge in [0.1, 0.15) is 10.8 Å². The Bertz CT molecular complexity index is 604. The third kappa shape index (κ3) is 2.55. The fraction of sp³-hybridized carbons (Fsp3) is 0.0833. The fourth-order valence-corrected chi connectivity index (χ4v) is 3.11. The first-order chi connectivity index (χ1) is 8.92. The van der Waals surface area contributed by atoms with Crippen molar-refractivity contribution in [2.45, 2.75) is 6.54 Å². The van der Waals surface area contributed by atoms with Crippen molar-refractivity contribution in [1.29, 1.82) is 0 Å². The maximum Gasteiger partial charge on any atom is 0.144 e. The maximum atomic E-state index is 4.59. The summed E-state index contributed by atoms with van der Waals surface area (Å²) >= 11 is 3.37. The van der Waals surface area contributed by atoms with Gasteiger partial charge in [-0.3, -0.25) is 4.98 Å². The number of thiazole rings is 1. The Morgan fingerprint density at radius 3 is 3.00 bits per heavy atom. The first-order valence-electron chi connectivity index (χ1n) is 5.40. The van der Waals surface area contributed by atoms with Crippen LogP contribution in [-0.4, -0.2) is 15.0 Å². The normalized spacial score (nSPS) is 10.4. The molecule has 0 aliphatic carbocycles. The van der Waals surface area contributed by atoms with Gasteiger partial charge >= 0.3 is 0 Å². The monoisotopic (exact) mass is 274 g/mol. The van der Waals surface area contributed by atoms with Gasteiger partial charge in [0.15, 0.2) is 0 Å². The van der Waals surface area contributed by atoms with Gasteiger partial charge < -0.3 is 5.32 Å². The average Bonchev–Trinajstić information content (AvgIpc) is 3.08. The minimum atomic E-state index is 0.667. The largest absolute Gasteiger partial charge is 0.363 e. The van der Waals surface area contributed by atoms with Crippen LogP contribution in [0.25, 0.3) is 9.88 Å². The summed E-state index contributed by atoms with van der Waals surface area (Å²) in [6, 6.07) is 4.13. The molecule has 0 aliphatic heterocycles. The summed E-state index contributed by atoms with van der Waals surface area (Å²) in [7, 11) is 0. The highest BCUT2D eigenvalue weighted by Gasteiger charge is 2.05. The fourth-order valence-electron chi connectivity index (χ4n) is 1.47. The van der Waals surface area contributed by atoms with E-state index < -0.39 is 0 Å². The quantitative estimate of drug-likeness (QED) is 0.793. The molecule has 1 N–H and O–H groups in total. The molecule has 0 atom stereocenters.